The average Bonchev–Trinajstić information content (AvgIpc) is 3.07. The van der Waals surface area contributed by atoms with Crippen molar-refractivity contribution >= 4 is 17.4 Å². The number of aromatic nitrogens is 3. The first-order chi connectivity index (χ1) is 9.65. The fourth-order valence-corrected chi connectivity index (χ4v) is 2.52. The largest absolute Gasteiger partial charge is 0.356 e. The summed E-state index contributed by atoms with van der Waals surface area (Å²) in [7, 11) is 0. The number of hydrogen-bond acceptors (Lipinski definition) is 4. The van der Waals surface area contributed by atoms with Gasteiger partial charge in [0.25, 0.3) is 5.91 Å². The lowest BCUT2D eigenvalue weighted by Crippen LogP contribution is -2.31. The van der Waals surface area contributed by atoms with Gasteiger partial charge in [0.1, 0.15) is 11.5 Å². The lowest BCUT2D eigenvalue weighted by Gasteiger charge is -2.19. The normalized spacial score (nSPS) is 15.2. The van der Waals surface area contributed by atoms with Crippen LogP contribution in [-0.2, 0) is 0 Å². The number of carbonyl (C=O) groups excluding carboxylic acids is 1. The molecular formula is C14H19N5O. The maximum absolute atomic E-state index is 12.2. The lowest BCUT2D eigenvalue weighted by atomic mass is 10.3. The molecule has 1 fully saturated rings. The van der Waals surface area contributed by atoms with Crippen molar-refractivity contribution in [3.8, 4) is 0 Å². The summed E-state index contributed by atoms with van der Waals surface area (Å²) in [4.78, 5) is 18.8. The SMILES string of the molecule is CC(C)NC(=O)c1cc(N2CCCC2)n2nccc2n1. The summed E-state index contributed by atoms with van der Waals surface area (Å²) >= 11 is 0. The number of nitrogens with zero attached hydrogens (tertiary/aromatic N) is 4. The summed E-state index contributed by atoms with van der Waals surface area (Å²) in [5.41, 5.74) is 1.16. The fourth-order valence-electron chi connectivity index (χ4n) is 2.52. The Morgan fingerprint density at radius 1 is 1.35 bits per heavy atom. The van der Waals surface area contributed by atoms with Gasteiger partial charge in [-0.05, 0) is 26.7 Å². The maximum Gasteiger partial charge on any atom is 0.270 e. The van der Waals surface area contributed by atoms with Crippen LogP contribution in [0.1, 0.15) is 37.2 Å². The van der Waals surface area contributed by atoms with Gasteiger partial charge in [0.15, 0.2) is 5.65 Å². The highest BCUT2D eigenvalue weighted by molar-refractivity contribution is 5.93. The summed E-state index contributed by atoms with van der Waals surface area (Å²) in [5, 5.41) is 7.19. The Kier molecular flexibility index (Phi) is 3.30. The highest BCUT2D eigenvalue weighted by Crippen LogP contribution is 2.21. The molecule has 3 heterocycles. The van der Waals surface area contributed by atoms with Crippen LogP contribution in [0.4, 0.5) is 5.82 Å². The molecule has 1 aliphatic heterocycles. The van der Waals surface area contributed by atoms with Crippen molar-refractivity contribution in [2.45, 2.75) is 32.7 Å². The third-order valence-corrected chi connectivity index (χ3v) is 3.42. The second-order valence-corrected chi connectivity index (χ2v) is 5.42. The molecule has 0 unspecified atom stereocenters. The standard InChI is InChI=1S/C14H19N5O/c1-10(2)16-14(20)11-9-13(18-7-3-4-8-18)19-12(17-11)5-6-15-19/h5-6,9-10H,3-4,7-8H2,1-2H3,(H,16,20). The van der Waals surface area contributed by atoms with Crippen LogP contribution < -0.4 is 10.2 Å². The van der Waals surface area contributed by atoms with E-state index in [2.05, 4.69) is 20.3 Å². The molecule has 6 heteroatoms. The first-order valence-corrected chi connectivity index (χ1v) is 7.06. The molecule has 0 spiro atoms. The molecule has 0 radical (unpaired) electrons. The van der Waals surface area contributed by atoms with Crippen LogP contribution >= 0.6 is 0 Å². The zero-order chi connectivity index (χ0) is 14.1. The van der Waals surface area contributed by atoms with E-state index < -0.39 is 0 Å². The zero-order valence-electron chi connectivity index (χ0n) is 11.8. The first-order valence-electron chi connectivity index (χ1n) is 7.06. The molecule has 0 bridgehead atoms. The van der Waals surface area contributed by atoms with Gasteiger partial charge in [0.05, 0.1) is 6.20 Å². The molecule has 0 saturated carbocycles. The van der Waals surface area contributed by atoms with E-state index in [1.54, 1.807) is 10.7 Å². The van der Waals surface area contributed by atoms with E-state index in [1.165, 1.54) is 12.8 Å². The Labute approximate surface area is 117 Å². The van der Waals surface area contributed by atoms with Gasteiger partial charge in [-0.1, -0.05) is 0 Å². The van der Waals surface area contributed by atoms with Crippen LogP contribution in [-0.4, -0.2) is 39.6 Å². The number of fused-ring (bicyclic) bond motifs is 1. The lowest BCUT2D eigenvalue weighted by molar-refractivity contribution is 0.0938. The highest BCUT2D eigenvalue weighted by atomic mass is 16.1. The Bertz CT molecular complexity index is 628. The van der Waals surface area contributed by atoms with Crippen molar-refractivity contribution in [2.75, 3.05) is 18.0 Å². The molecule has 20 heavy (non-hydrogen) atoms. The van der Waals surface area contributed by atoms with Gasteiger partial charge in [0, 0.05) is 31.3 Å². The van der Waals surface area contributed by atoms with E-state index in [0.717, 1.165) is 18.9 Å². The van der Waals surface area contributed by atoms with Crippen LogP contribution in [0.3, 0.4) is 0 Å². The molecule has 2 aromatic rings. The summed E-state index contributed by atoms with van der Waals surface area (Å²) in [6, 6.07) is 3.76. The average molecular weight is 273 g/mol. The third kappa shape index (κ3) is 2.33. The van der Waals surface area contributed by atoms with Crippen LogP contribution in [0.25, 0.3) is 5.65 Å². The third-order valence-electron chi connectivity index (χ3n) is 3.42. The van der Waals surface area contributed by atoms with Crippen LogP contribution in [0.15, 0.2) is 18.3 Å². The molecule has 3 rings (SSSR count). The summed E-state index contributed by atoms with van der Waals surface area (Å²) in [5.74, 6) is 0.815. The second-order valence-electron chi connectivity index (χ2n) is 5.42. The van der Waals surface area contributed by atoms with Crippen molar-refractivity contribution < 1.29 is 4.79 Å². The van der Waals surface area contributed by atoms with Gasteiger partial charge in [-0.15, -0.1) is 0 Å². The van der Waals surface area contributed by atoms with Gasteiger partial charge in [-0.25, -0.2) is 4.98 Å². The van der Waals surface area contributed by atoms with Crippen LogP contribution in [0.5, 0.6) is 0 Å². The number of nitrogens with one attached hydrogen (secondary N) is 1. The topological polar surface area (TPSA) is 62.5 Å². The van der Waals surface area contributed by atoms with Crippen LogP contribution in [0.2, 0.25) is 0 Å². The summed E-state index contributed by atoms with van der Waals surface area (Å²) in [6.45, 7) is 5.89. The van der Waals surface area contributed by atoms with E-state index in [-0.39, 0.29) is 11.9 Å². The van der Waals surface area contributed by atoms with E-state index >= 15 is 0 Å². The van der Waals surface area contributed by atoms with E-state index in [9.17, 15) is 4.79 Å². The predicted molar refractivity (Wildman–Crippen MR) is 77.0 cm³/mol. The summed E-state index contributed by atoms with van der Waals surface area (Å²) < 4.78 is 1.80. The molecule has 0 atom stereocenters. The number of amides is 1. The van der Waals surface area contributed by atoms with Crippen molar-refractivity contribution in [3.05, 3.63) is 24.0 Å². The van der Waals surface area contributed by atoms with Crippen molar-refractivity contribution in [2.24, 2.45) is 0 Å². The zero-order valence-corrected chi connectivity index (χ0v) is 11.8. The Morgan fingerprint density at radius 3 is 2.80 bits per heavy atom. The first kappa shape index (κ1) is 12.9. The van der Waals surface area contributed by atoms with E-state index in [4.69, 9.17) is 0 Å². The number of carbonyl (C=O) groups is 1. The minimum atomic E-state index is -0.135. The van der Waals surface area contributed by atoms with Gasteiger partial charge >= 0.3 is 0 Å². The number of rotatable bonds is 3. The van der Waals surface area contributed by atoms with Gasteiger partial charge in [-0.2, -0.15) is 9.61 Å². The highest BCUT2D eigenvalue weighted by Gasteiger charge is 2.19. The van der Waals surface area contributed by atoms with Crippen molar-refractivity contribution in [1.82, 2.24) is 19.9 Å². The molecule has 1 amide bonds. The Balaban J connectivity index is 2.03. The van der Waals surface area contributed by atoms with Crippen LogP contribution in [0, 0.1) is 0 Å². The molecule has 1 aliphatic rings. The number of anilines is 1. The molecule has 0 aromatic carbocycles. The smallest absolute Gasteiger partial charge is 0.270 e. The molecule has 6 nitrogen and oxygen atoms in total. The molecule has 1 N–H and O–H groups in total. The molecule has 106 valence electrons. The molecular weight excluding hydrogens is 254 g/mol. The monoisotopic (exact) mass is 273 g/mol. The predicted octanol–water partition coefficient (Wildman–Crippen LogP) is 1.47. The van der Waals surface area contributed by atoms with Crippen molar-refractivity contribution in [1.29, 1.82) is 0 Å². The molecule has 2 aromatic heterocycles. The number of hydrogen-bond donors (Lipinski definition) is 1. The minimum Gasteiger partial charge on any atom is -0.356 e. The second kappa shape index (κ2) is 5.11. The minimum absolute atomic E-state index is 0.0978. The van der Waals surface area contributed by atoms with E-state index in [1.807, 2.05) is 26.0 Å². The van der Waals surface area contributed by atoms with Gasteiger partial charge in [-0.3, -0.25) is 4.79 Å². The maximum atomic E-state index is 12.2. The Hall–Kier alpha value is -2.11. The van der Waals surface area contributed by atoms with Gasteiger partial charge in [0.2, 0.25) is 0 Å². The van der Waals surface area contributed by atoms with Crippen molar-refractivity contribution in [3.63, 3.8) is 0 Å². The fraction of sp³-hybridized carbons (Fsp3) is 0.500. The van der Waals surface area contributed by atoms with E-state index in [0.29, 0.717) is 11.3 Å². The van der Waals surface area contributed by atoms with Gasteiger partial charge < -0.3 is 10.2 Å². The molecule has 0 aliphatic carbocycles. The Morgan fingerprint density at radius 2 is 2.10 bits per heavy atom. The molecule has 1 saturated heterocycles. The quantitative estimate of drug-likeness (QED) is 0.920. The summed E-state index contributed by atoms with van der Waals surface area (Å²) in [6.07, 6.45) is 4.07.